The molecule has 5 rings (SSSR count). The van der Waals surface area contributed by atoms with Gasteiger partial charge in [0.05, 0.1) is 12.0 Å². The van der Waals surface area contributed by atoms with Crippen LogP contribution < -0.4 is 5.32 Å². The van der Waals surface area contributed by atoms with E-state index in [1.54, 1.807) is 12.4 Å². The monoisotopic (exact) mass is 411 g/mol. The van der Waals surface area contributed by atoms with E-state index in [4.69, 9.17) is 0 Å². The molecule has 2 atom stereocenters. The molecule has 0 bridgehead atoms. The zero-order valence-corrected chi connectivity index (χ0v) is 17.5. The molecule has 3 aromatic rings. The highest BCUT2D eigenvalue weighted by atomic mass is 16.2. The number of aromatic nitrogens is 1. The Labute approximate surface area is 182 Å². The zero-order chi connectivity index (χ0) is 21.4. The van der Waals surface area contributed by atoms with E-state index in [1.807, 2.05) is 66.4 Å². The minimum atomic E-state index is -0.460. The van der Waals surface area contributed by atoms with Crippen LogP contribution in [0.3, 0.4) is 0 Å². The number of pyridine rings is 1. The molecular weight excluding hydrogens is 386 g/mol. The molecule has 0 saturated heterocycles. The summed E-state index contributed by atoms with van der Waals surface area (Å²) in [5.41, 5.74) is 4.58. The topological polar surface area (TPSA) is 62.3 Å². The normalized spacial score (nSPS) is 20.3. The maximum absolute atomic E-state index is 13.6. The first-order chi connectivity index (χ1) is 15.1. The maximum Gasteiger partial charge on any atom is 0.254 e. The second-order valence-electron chi connectivity index (χ2n) is 8.44. The highest BCUT2D eigenvalue weighted by Crippen LogP contribution is 2.47. The van der Waals surface area contributed by atoms with E-state index in [2.05, 4.69) is 16.4 Å². The number of amides is 2. The summed E-state index contributed by atoms with van der Waals surface area (Å²) in [5.74, 6) is -0.491. The Hall–Kier alpha value is -3.47. The molecule has 5 nitrogen and oxygen atoms in total. The van der Waals surface area contributed by atoms with Crippen molar-refractivity contribution in [3.8, 4) is 0 Å². The highest BCUT2D eigenvalue weighted by Gasteiger charge is 2.48. The van der Waals surface area contributed by atoms with E-state index in [9.17, 15) is 9.59 Å². The number of hydrogen-bond donors (Lipinski definition) is 1. The summed E-state index contributed by atoms with van der Waals surface area (Å²) in [4.78, 5) is 33.1. The van der Waals surface area contributed by atoms with E-state index in [1.165, 1.54) is 0 Å². The van der Waals surface area contributed by atoms with Crippen LogP contribution in [-0.2, 0) is 11.3 Å². The molecule has 1 aliphatic heterocycles. The number of rotatable bonds is 5. The Morgan fingerprint density at radius 3 is 2.58 bits per heavy atom. The summed E-state index contributed by atoms with van der Waals surface area (Å²) in [6.07, 6.45) is 5.42. The lowest BCUT2D eigenvalue weighted by Gasteiger charge is -2.42. The number of nitrogens with zero attached hydrogens (tertiary/aromatic N) is 2. The van der Waals surface area contributed by atoms with Crippen molar-refractivity contribution < 1.29 is 9.59 Å². The highest BCUT2D eigenvalue weighted by molar-refractivity contribution is 6.01. The van der Waals surface area contributed by atoms with Gasteiger partial charge in [-0.1, -0.05) is 48.0 Å². The summed E-state index contributed by atoms with van der Waals surface area (Å²) >= 11 is 0. The predicted molar refractivity (Wildman–Crippen MR) is 118 cm³/mol. The summed E-state index contributed by atoms with van der Waals surface area (Å²) < 4.78 is 0. The lowest BCUT2D eigenvalue weighted by atomic mass is 9.78. The minimum Gasteiger partial charge on any atom is -0.351 e. The number of benzene rings is 2. The lowest BCUT2D eigenvalue weighted by Crippen LogP contribution is -2.48. The van der Waals surface area contributed by atoms with E-state index in [0.717, 1.165) is 35.1 Å². The molecule has 1 N–H and O–H groups in total. The van der Waals surface area contributed by atoms with Gasteiger partial charge in [0.1, 0.15) is 0 Å². The van der Waals surface area contributed by atoms with Crippen LogP contribution in [0.1, 0.15) is 57.4 Å². The first-order valence-corrected chi connectivity index (χ1v) is 10.8. The van der Waals surface area contributed by atoms with Crippen LogP contribution in [0.5, 0.6) is 0 Å². The maximum atomic E-state index is 13.6. The Kier molecular flexibility index (Phi) is 5.02. The van der Waals surface area contributed by atoms with Gasteiger partial charge in [-0.3, -0.25) is 14.6 Å². The van der Waals surface area contributed by atoms with E-state index >= 15 is 0 Å². The van der Waals surface area contributed by atoms with Crippen molar-refractivity contribution in [3.63, 3.8) is 0 Å². The molecule has 2 heterocycles. The van der Waals surface area contributed by atoms with Crippen molar-refractivity contribution >= 4 is 11.8 Å². The molecule has 2 amide bonds. The average Bonchev–Trinajstić information content (AvgIpc) is 3.63. The van der Waals surface area contributed by atoms with E-state index in [0.29, 0.717) is 12.1 Å². The number of aryl methyl sites for hydroxylation is 1. The molecule has 1 aromatic heterocycles. The SMILES string of the molecule is Cc1cccc([C@@H]2[C@@H](C(=O)NCc3ccncc3)c3ccccc3C(=O)N2C2CC2)c1. The molecule has 156 valence electrons. The van der Waals surface area contributed by atoms with Gasteiger partial charge in [-0.25, -0.2) is 0 Å². The van der Waals surface area contributed by atoms with Crippen molar-refractivity contribution in [2.45, 2.75) is 44.3 Å². The number of hydrogen-bond acceptors (Lipinski definition) is 3. The number of carbonyl (C=O) groups excluding carboxylic acids is 2. The second kappa shape index (κ2) is 7.99. The minimum absolute atomic E-state index is 0.0304. The largest absolute Gasteiger partial charge is 0.351 e. The Morgan fingerprint density at radius 2 is 1.84 bits per heavy atom. The van der Waals surface area contributed by atoms with E-state index < -0.39 is 5.92 Å². The molecular formula is C26H25N3O2. The summed E-state index contributed by atoms with van der Waals surface area (Å²) in [7, 11) is 0. The van der Waals surface area contributed by atoms with Crippen LogP contribution in [0.25, 0.3) is 0 Å². The lowest BCUT2D eigenvalue weighted by molar-refractivity contribution is -0.124. The van der Waals surface area contributed by atoms with Crippen molar-refractivity contribution in [1.82, 2.24) is 15.2 Å². The van der Waals surface area contributed by atoms with Crippen LogP contribution >= 0.6 is 0 Å². The van der Waals surface area contributed by atoms with Crippen molar-refractivity contribution in [2.24, 2.45) is 0 Å². The van der Waals surface area contributed by atoms with Crippen LogP contribution in [0, 0.1) is 6.92 Å². The molecule has 0 spiro atoms. The summed E-state index contributed by atoms with van der Waals surface area (Å²) in [5, 5.41) is 3.11. The summed E-state index contributed by atoms with van der Waals surface area (Å²) in [6.45, 7) is 2.47. The molecule has 1 saturated carbocycles. The standard InChI is InChI=1S/C26H25N3O2/c1-17-5-4-6-19(15-17)24-23(25(30)28-16-18-11-13-27-14-12-18)21-7-2-3-8-22(21)26(31)29(24)20-9-10-20/h2-8,11-15,20,23-24H,9-10,16H2,1H3,(H,28,30)/t23-,24+/m0/s1. The molecule has 1 fully saturated rings. The first-order valence-electron chi connectivity index (χ1n) is 10.8. The van der Waals surface area contributed by atoms with Crippen molar-refractivity contribution in [2.75, 3.05) is 0 Å². The van der Waals surface area contributed by atoms with Crippen LogP contribution in [-0.4, -0.2) is 27.7 Å². The van der Waals surface area contributed by atoms with Gasteiger partial charge in [-0.2, -0.15) is 0 Å². The first kappa shape index (κ1) is 19.5. The zero-order valence-electron chi connectivity index (χ0n) is 17.5. The van der Waals surface area contributed by atoms with Crippen LogP contribution in [0.15, 0.2) is 73.1 Å². The Balaban J connectivity index is 1.58. The van der Waals surface area contributed by atoms with Crippen molar-refractivity contribution in [1.29, 1.82) is 0 Å². The molecule has 1 aliphatic carbocycles. The molecule has 0 unspecified atom stereocenters. The van der Waals surface area contributed by atoms with Gasteiger partial charge in [0, 0.05) is 30.5 Å². The Bertz CT molecular complexity index is 1120. The molecule has 0 radical (unpaired) electrons. The quantitative estimate of drug-likeness (QED) is 0.686. The second-order valence-corrected chi connectivity index (χ2v) is 8.44. The van der Waals surface area contributed by atoms with Gasteiger partial charge in [-0.15, -0.1) is 0 Å². The van der Waals surface area contributed by atoms with Gasteiger partial charge in [0.2, 0.25) is 5.91 Å². The predicted octanol–water partition coefficient (Wildman–Crippen LogP) is 4.15. The third-order valence-corrected chi connectivity index (χ3v) is 6.20. The number of fused-ring (bicyclic) bond motifs is 1. The third kappa shape index (κ3) is 3.72. The smallest absolute Gasteiger partial charge is 0.254 e. The third-order valence-electron chi connectivity index (χ3n) is 6.20. The number of nitrogens with one attached hydrogen (secondary N) is 1. The van der Waals surface area contributed by atoms with Gasteiger partial charge in [0.25, 0.3) is 5.91 Å². The van der Waals surface area contributed by atoms with Crippen LogP contribution in [0.2, 0.25) is 0 Å². The van der Waals surface area contributed by atoms with Crippen molar-refractivity contribution in [3.05, 3.63) is 101 Å². The Morgan fingerprint density at radius 1 is 1.06 bits per heavy atom. The van der Waals surface area contributed by atoms with Gasteiger partial charge >= 0.3 is 0 Å². The molecule has 31 heavy (non-hydrogen) atoms. The molecule has 2 aliphatic rings. The summed E-state index contributed by atoms with van der Waals surface area (Å²) in [6, 6.07) is 19.4. The van der Waals surface area contributed by atoms with E-state index in [-0.39, 0.29) is 23.9 Å². The number of carbonyl (C=O) groups is 2. The van der Waals surface area contributed by atoms with Gasteiger partial charge in [-0.05, 0) is 54.7 Å². The fourth-order valence-corrected chi connectivity index (χ4v) is 4.60. The molecule has 5 heteroatoms. The fourth-order valence-electron chi connectivity index (χ4n) is 4.60. The average molecular weight is 412 g/mol. The fraction of sp³-hybridized carbons (Fsp3) is 0.269. The van der Waals surface area contributed by atoms with Gasteiger partial charge in [0.15, 0.2) is 0 Å². The molecule has 2 aromatic carbocycles. The van der Waals surface area contributed by atoms with Crippen LogP contribution in [0.4, 0.5) is 0 Å². The van der Waals surface area contributed by atoms with Gasteiger partial charge < -0.3 is 10.2 Å².